The molecule has 0 bridgehead atoms. The number of carbonyl (C=O) groups excluding carboxylic acids is 1. The van der Waals surface area contributed by atoms with E-state index in [1.54, 1.807) is 7.05 Å². The first-order chi connectivity index (χ1) is 12.7. The maximum absolute atomic E-state index is 13.6. The van der Waals surface area contributed by atoms with Crippen LogP contribution in [0.15, 0.2) is 17.1 Å². The third-order valence-corrected chi connectivity index (χ3v) is 3.94. The van der Waals surface area contributed by atoms with E-state index in [4.69, 9.17) is 0 Å². The summed E-state index contributed by atoms with van der Waals surface area (Å²) in [5, 5.41) is 8.06. The summed E-state index contributed by atoms with van der Waals surface area (Å²) in [7, 11) is 1.56. The number of hydrogen-bond donors (Lipinski definition) is 3. The molecule has 0 aromatic heterocycles. The molecule has 0 fully saturated rings. The van der Waals surface area contributed by atoms with Gasteiger partial charge < -0.3 is 16.0 Å². The van der Waals surface area contributed by atoms with Gasteiger partial charge in [-0.1, -0.05) is 0 Å². The van der Waals surface area contributed by atoms with Crippen LogP contribution in [-0.4, -0.2) is 55.5 Å². The normalized spacial score (nSPS) is 11.6. The summed E-state index contributed by atoms with van der Waals surface area (Å²) >= 11 is 0. The summed E-state index contributed by atoms with van der Waals surface area (Å²) in [6, 6.07) is 2.51. The Morgan fingerprint density at radius 3 is 2.21 bits per heavy atom. The van der Waals surface area contributed by atoms with E-state index < -0.39 is 29.0 Å². The van der Waals surface area contributed by atoms with Crippen LogP contribution in [0, 0.1) is 17.5 Å². The minimum Gasteiger partial charge on any atom is -0.355 e. The molecule has 0 saturated carbocycles. The van der Waals surface area contributed by atoms with Crippen molar-refractivity contribution in [3.05, 3.63) is 29.6 Å². The summed E-state index contributed by atoms with van der Waals surface area (Å²) < 4.78 is 39.7. The molecule has 160 valence electrons. The van der Waals surface area contributed by atoms with Crippen LogP contribution in [0.2, 0.25) is 0 Å². The molecule has 1 amide bonds. The Morgan fingerprint density at radius 2 is 1.68 bits per heavy atom. The van der Waals surface area contributed by atoms with E-state index in [0.29, 0.717) is 24.6 Å². The van der Waals surface area contributed by atoms with Crippen LogP contribution < -0.4 is 16.0 Å². The second-order valence-electron chi connectivity index (χ2n) is 6.55. The molecule has 0 atom stereocenters. The number of amides is 1. The van der Waals surface area contributed by atoms with E-state index in [2.05, 4.69) is 53.5 Å². The van der Waals surface area contributed by atoms with Gasteiger partial charge in [0.1, 0.15) is 0 Å². The molecule has 0 radical (unpaired) electrons. The standard InChI is InChI=1S/C18H28F3N5O.HI/c1-11(2)26(12(3)4)9-8-23-18(22-5)24-10-15(27)25-14-7-6-13(19)16(20)17(14)21;/h6-7,11-12H,8-10H2,1-5H3,(H,25,27)(H2,22,23,24);1H. The summed E-state index contributed by atoms with van der Waals surface area (Å²) in [6.45, 7) is 9.68. The van der Waals surface area contributed by atoms with Gasteiger partial charge in [0.05, 0.1) is 12.2 Å². The van der Waals surface area contributed by atoms with Crippen LogP contribution in [-0.2, 0) is 4.79 Å². The topological polar surface area (TPSA) is 68.8 Å². The van der Waals surface area contributed by atoms with E-state index in [9.17, 15) is 18.0 Å². The number of halogens is 4. The lowest BCUT2D eigenvalue weighted by Gasteiger charge is -2.30. The molecule has 0 heterocycles. The Morgan fingerprint density at radius 1 is 1.07 bits per heavy atom. The molecule has 0 aliphatic rings. The molecule has 6 nitrogen and oxygen atoms in total. The van der Waals surface area contributed by atoms with Gasteiger partial charge in [0, 0.05) is 32.2 Å². The first-order valence-electron chi connectivity index (χ1n) is 8.81. The number of carbonyl (C=O) groups is 1. The second-order valence-corrected chi connectivity index (χ2v) is 6.55. The quantitative estimate of drug-likeness (QED) is 0.216. The minimum atomic E-state index is -1.63. The predicted octanol–water partition coefficient (Wildman–Crippen LogP) is 2.94. The lowest BCUT2D eigenvalue weighted by Crippen LogP contribution is -2.46. The van der Waals surface area contributed by atoms with Crippen molar-refractivity contribution >= 4 is 41.5 Å². The van der Waals surface area contributed by atoms with Gasteiger partial charge in [0.25, 0.3) is 0 Å². The van der Waals surface area contributed by atoms with Gasteiger partial charge >= 0.3 is 0 Å². The number of aliphatic imine (C=N–C) groups is 1. The lowest BCUT2D eigenvalue weighted by atomic mass is 10.2. The highest BCUT2D eigenvalue weighted by Gasteiger charge is 2.16. The van der Waals surface area contributed by atoms with Crippen molar-refractivity contribution in [2.45, 2.75) is 39.8 Å². The first kappa shape index (κ1) is 26.4. The van der Waals surface area contributed by atoms with E-state index in [1.165, 1.54) is 0 Å². The monoisotopic (exact) mass is 515 g/mol. The number of guanidine groups is 1. The fourth-order valence-electron chi connectivity index (χ4n) is 2.62. The van der Waals surface area contributed by atoms with Gasteiger partial charge in [0.15, 0.2) is 23.4 Å². The smallest absolute Gasteiger partial charge is 0.243 e. The highest BCUT2D eigenvalue weighted by molar-refractivity contribution is 14.0. The molecule has 0 unspecified atom stereocenters. The molecule has 0 saturated heterocycles. The fourth-order valence-corrected chi connectivity index (χ4v) is 2.62. The number of rotatable bonds is 8. The third kappa shape index (κ3) is 8.21. The number of benzene rings is 1. The molecule has 3 N–H and O–H groups in total. The average molecular weight is 515 g/mol. The Labute approximate surface area is 181 Å². The average Bonchev–Trinajstić information content (AvgIpc) is 2.61. The van der Waals surface area contributed by atoms with Crippen molar-refractivity contribution in [3.63, 3.8) is 0 Å². The van der Waals surface area contributed by atoms with Crippen molar-refractivity contribution in [1.82, 2.24) is 15.5 Å². The number of nitrogens with zero attached hydrogens (tertiary/aromatic N) is 2. The van der Waals surface area contributed by atoms with Gasteiger partial charge in [0.2, 0.25) is 5.91 Å². The molecule has 0 aliphatic carbocycles. The van der Waals surface area contributed by atoms with Crippen molar-refractivity contribution in [1.29, 1.82) is 0 Å². The molecule has 0 spiro atoms. The van der Waals surface area contributed by atoms with Crippen LogP contribution in [0.3, 0.4) is 0 Å². The van der Waals surface area contributed by atoms with Crippen molar-refractivity contribution in [3.8, 4) is 0 Å². The van der Waals surface area contributed by atoms with Crippen LogP contribution >= 0.6 is 24.0 Å². The molecule has 1 rings (SSSR count). The highest BCUT2D eigenvalue weighted by atomic mass is 127. The summed E-state index contributed by atoms with van der Waals surface area (Å²) in [4.78, 5) is 18.2. The van der Waals surface area contributed by atoms with Crippen LogP contribution in [0.5, 0.6) is 0 Å². The van der Waals surface area contributed by atoms with Crippen molar-refractivity contribution in [2.75, 3.05) is 32.0 Å². The lowest BCUT2D eigenvalue weighted by molar-refractivity contribution is -0.115. The molecule has 1 aromatic rings. The van der Waals surface area contributed by atoms with Gasteiger partial charge in [-0.25, -0.2) is 13.2 Å². The number of nitrogens with one attached hydrogen (secondary N) is 3. The van der Waals surface area contributed by atoms with Gasteiger partial charge in [-0.15, -0.1) is 24.0 Å². The Balaban J connectivity index is 0.00000729. The Hall–Kier alpha value is -1.56. The molecular formula is C18H29F3IN5O. The molecule has 28 heavy (non-hydrogen) atoms. The molecule has 10 heteroatoms. The van der Waals surface area contributed by atoms with E-state index in [0.717, 1.165) is 18.7 Å². The van der Waals surface area contributed by atoms with E-state index >= 15 is 0 Å². The summed E-state index contributed by atoms with van der Waals surface area (Å²) in [5.41, 5.74) is -0.423. The predicted molar refractivity (Wildman–Crippen MR) is 117 cm³/mol. The summed E-state index contributed by atoms with van der Waals surface area (Å²) in [6.07, 6.45) is 0. The number of anilines is 1. The zero-order chi connectivity index (χ0) is 20.6. The summed E-state index contributed by atoms with van der Waals surface area (Å²) in [5.74, 6) is -4.59. The van der Waals surface area contributed by atoms with Crippen LogP contribution in [0.1, 0.15) is 27.7 Å². The Bertz CT molecular complexity index is 663. The fraction of sp³-hybridized carbons (Fsp3) is 0.556. The van der Waals surface area contributed by atoms with Gasteiger partial charge in [-0.3, -0.25) is 14.7 Å². The maximum Gasteiger partial charge on any atom is 0.243 e. The minimum absolute atomic E-state index is 0. The first-order valence-corrected chi connectivity index (χ1v) is 8.81. The van der Waals surface area contributed by atoms with Gasteiger partial charge in [-0.05, 0) is 39.8 Å². The number of hydrogen-bond acceptors (Lipinski definition) is 3. The zero-order valence-electron chi connectivity index (χ0n) is 16.8. The van der Waals surface area contributed by atoms with E-state index in [-0.39, 0.29) is 30.5 Å². The molecular weight excluding hydrogens is 486 g/mol. The third-order valence-electron chi connectivity index (χ3n) is 3.94. The van der Waals surface area contributed by atoms with E-state index in [1.807, 2.05) is 0 Å². The zero-order valence-corrected chi connectivity index (χ0v) is 19.1. The highest BCUT2D eigenvalue weighted by Crippen LogP contribution is 2.19. The Kier molecular flexibility index (Phi) is 12.1. The van der Waals surface area contributed by atoms with Crippen molar-refractivity contribution in [2.24, 2.45) is 4.99 Å². The largest absolute Gasteiger partial charge is 0.355 e. The SMILES string of the molecule is CN=C(NCCN(C(C)C)C(C)C)NCC(=O)Nc1ccc(F)c(F)c1F.I. The maximum atomic E-state index is 13.6. The van der Waals surface area contributed by atoms with Crippen molar-refractivity contribution < 1.29 is 18.0 Å². The molecule has 0 aliphatic heterocycles. The van der Waals surface area contributed by atoms with Crippen LogP contribution in [0.25, 0.3) is 0 Å². The second kappa shape index (κ2) is 12.8. The van der Waals surface area contributed by atoms with Gasteiger partial charge in [-0.2, -0.15) is 0 Å². The van der Waals surface area contributed by atoms with Crippen LogP contribution in [0.4, 0.5) is 18.9 Å². The molecule has 1 aromatic carbocycles.